The lowest BCUT2D eigenvalue weighted by atomic mass is 10.2. The summed E-state index contributed by atoms with van der Waals surface area (Å²) in [6.07, 6.45) is 3.09. The number of unbranched alkanes of at least 4 members (excludes halogenated alkanes) is 1. The molecule has 1 aromatic carbocycles. The topological polar surface area (TPSA) is 89.0 Å². The molecule has 0 heterocycles. The monoisotopic (exact) mass is 341 g/mol. The molecular weight excluding hydrogens is 322 g/mol. The van der Waals surface area contributed by atoms with Crippen LogP contribution in [0.3, 0.4) is 0 Å². The Balaban J connectivity index is 2.66. The smallest absolute Gasteiger partial charge is 0.329 e. The third-order valence-electron chi connectivity index (χ3n) is 2.86. The van der Waals surface area contributed by atoms with Crippen LogP contribution in [0, 0.1) is 0 Å². The van der Waals surface area contributed by atoms with Gasteiger partial charge in [-0.15, -0.1) is 0 Å². The van der Waals surface area contributed by atoms with Crippen LogP contribution in [-0.4, -0.2) is 38.8 Å². The highest BCUT2D eigenvalue weighted by molar-refractivity contribution is 6.35. The average Bonchev–Trinajstić information content (AvgIpc) is 2.54. The Labute approximate surface area is 140 Å². The summed E-state index contributed by atoms with van der Waals surface area (Å²) in [5.74, 6) is -0.708. The molecule has 0 fully saturated rings. The first kappa shape index (κ1) is 18.8. The maximum absolute atomic E-state index is 11.5. The standard InChI is InChI=1S/C15H20ClN3O4/c1-4-5-6-17-14(20)15(21)19-18-9-10-7-11(16)13(23-3)12(8-10)22-2/h7-9H,4-6H2,1-3H3,(H,17,20)(H,19,21)/b18-9-. The fourth-order valence-electron chi connectivity index (χ4n) is 1.69. The fourth-order valence-corrected chi connectivity index (χ4v) is 1.98. The first-order valence-electron chi connectivity index (χ1n) is 7.06. The van der Waals surface area contributed by atoms with Crippen molar-refractivity contribution in [3.63, 3.8) is 0 Å². The zero-order valence-corrected chi connectivity index (χ0v) is 14.1. The van der Waals surface area contributed by atoms with E-state index in [0.29, 0.717) is 28.6 Å². The molecule has 0 saturated carbocycles. The first-order chi connectivity index (χ1) is 11.0. The van der Waals surface area contributed by atoms with E-state index in [2.05, 4.69) is 15.8 Å². The van der Waals surface area contributed by atoms with Crippen molar-refractivity contribution < 1.29 is 19.1 Å². The van der Waals surface area contributed by atoms with Crippen molar-refractivity contribution >= 4 is 29.6 Å². The van der Waals surface area contributed by atoms with Crippen molar-refractivity contribution in [3.8, 4) is 11.5 Å². The zero-order chi connectivity index (χ0) is 17.2. The highest BCUT2D eigenvalue weighted by Gasteiger charge is 2.12. The van der Waals surface area contributed by atoms with Gasteiger partial charge < -0.3 is 14.8 Å². The summed E-state index contributed by atoms with van der Waals surface area (Å²) >= 11 is 6.06. The molecule has 0 aliphatic rings. The van der Waals surface area contributed by atoms with E-state index >= 15 is 0 Å². The van der Waals surface area contributed by atoms with Crippen LogP contribution in [0.15, 0.2) is 17.2 Å². The van der Waals surface area contributed by atoms with E-state index in [0.717, 1.165) is 12.8 Å². The van der Waals surface area contributed by atoms with Crippen LogP contribution in [-0.2, 0) is 9.59 Å². The number of hydrogen-bond acceptors (Lipinski definition) is 5. The molecule has 1 rings (SSSR count). The summed E-state index contributed by atoms with van der Waals surface area (Å²) in [4.78, 5) is 23.0. The number of rotatable bonds is 7. The number of halogens is 1. The summed E-state index contributed by atoms with van der Waals surface area (Å²) in [6.45, 7) is 2.45. The van der Waals surface area contributed by atoms with Gasteiger partial charge in [0, 0.05) is 6.54 Å². The molecule has 0 spiro atoms. The number of nitrogens with one attached hydrogen (secondary N) is 2. The minimum atomic E-state index is -0.830. The van der Waals surface area contributed by atoms with Gasteiger partial charge in [0.2, 0.25) is 0 Å². The Hall–Kier alpha value is -2.28. The maximum Gasteiger partial charge on any atom is 0.329 e. The number of hydrazone groups is 1. The quantitative estimate of drug-likeness (QED) is 0.342. The summed E-state index contributed by atoms with van der Waals surface area (Å²) in [6, 6.07) is 3.24. The van der Waals surface area contributed by atoms with Crippen LogP contribution in [0.1, 0.15) is 25.3 Å². The molecule has 0 radical (unpaired) electrons. The van der Waals surface area contributed by atoms with Gasteiger partial charge in [-0.05, 0) is 24.1 Å². The maximum atomic E-state index is 11.5. The summed E-state index contributed by atoms with van der Waals surface area (Å²) < 4.78 is 10.3. The van der Waals surface area contributed by atoms with E-state index in [4.69, 9.17) is 21.1 Å². The van der Waals surface area contributed by atoms with Gasteiger partial charge in [-0.25, -0.2) is 5.43 Å². The second-order valence-corrected chi connectivity index (χ2v) is 4.95. The predicted molar refractivity (Wildman–Crippen MR) is 88.2 cm³/mol. The number of amides is 2. The minimum absolute atomic E-state index is 0.344. The number of hydrogen-bond donors (Lipinski definition) is 2. The Bertz CT molecular complexity index is 590. The summed E-state index contributed by atoms with van der Waals surface area (Å²) in [7, 11) is 2.96. The molecule has 2 amide bonds. The van der Waals surface area contributed by atoms with E-state index in [1.54, 1.807) is 12.1 Å². The van der Waals surface area contributed by atoms with Gasteiger partial charge in [0.15, 0.2) is 11.5 Å². The molecule has 0 saturated heterocycles. The zero-order valence-electron chi connectivity index (χ0n) is 13.3. The van der Waals surface area contributed by atoms with Gasteiger partial charge in [-0.2, -0.15) is 5.10 Å². The highest BCUT2D eigenvalue weighted by atomic mass is 35.5. The second kappa shape index (κ2) is 9.68. The summed E-state index contributed by atoms with van der Waals surface area (Å²) in [5.41, 5.74) is 2.73. The molecule has 8 heteroatoms. The minimum Gasteiger partial charge on any atom is -0.493 e. The van der Waals surface area contributed by atoms with Gasteiger partial charge in [0.25, 0.3) is 0 Å². The van der Waals surface area contributed by atoms with E-state index in [1.807, 2.05) is 6.92 Å². The van der Waals surface area contributed by atoms with Crippen molar-refractivity contribution in [3.05, 3.63) is 22.7 Å². The van der Waals surface area contributed by atoms with Gasteiger partial charge >= 0.3 is 11.8 Å². The van der Waals surface area contributed by atoms with Crippen molar-refractivity contribution in [1.82, 2.24) is 10.7 Å². The number of benzene rings is 1. The van der Waals surface area contributed by atoms with Crippen LogP contribution in [0.5, 0.6) is 11.5 Å². The van der Waals surface area contributed by atoms with E-state index in [9.17, 15) is 9.59 Å². The molecular formula is C15H20ClN3O4. The van der Waals surface area contributed by atoms with Gasteiger partial charge in [-0.3, -0.25) is 9.59 Å². The molecule has 0 aromatic heterocycles. The van der Waals surface area contributed by atoms with Crippen LogP contribution < -0.4 is 20.2 Å². The third kappa shape index (κ3) is 5.78. The normalized spacial score (nSPS) is 10.4. The lowest BCUT2D eigenvalue weighted by molar-refractivity contribution is -0.139. The van der Waals surface area contributed by atoms with Crippen LogP contribution >= 0.6 is 11.6 Å². The Morgan fingerprint density at radius 3 is 2.61 bits per heavy atom. The van der Waals surface area contributed by atoms with E-state index in [1.165, 1.54) is 20.4 Å². The lowest BCUT2D eigenvalue weighted by Gasteiger charge is -2.09. The molecule has 0 bridgehead atoms. The highest BCUT2D eigenvalue weighted by Crippen LogP contribution is 2.35. The largest absolute Gasteiger partial charge is 0.493 e. The van der Waals surface area contributed by atoms with Crippen LogP contribution in [0.2, 0.25) is 5.02 Å². The number of carbonyl (C=O) groups excluding carboxylic acids is 2. The molecule has 1 aromatic rings. The van der Waals surface area contributed by atoms with Crippen LogP contribution in [0.4, 0.5) is 0 Å². The second-order valence-electron chi connectivity index (χ2n) is 4.55. The molecule has 126 valence electrons. The number of carbonyl (C=O) groups is 2. The summed E-state index contributed by atoms with van der Waals surface area (Å²) in [5, 5.41) is 6.56. The van der Waals surface area contributed by atoms with E-state index in [-0.39, 0.29) is 0 Å². The lowest BCUT2D eigenvalue weighted by Crippen LogP contribution is -2.38. The number of nitrogens with zero attached hydrogens (tertiary/aromatic N) is 1. The Morgan fingerprint density at radius 1 is 1.26 bits per heavy atom. The third-order valence-corrected chi connectivity index (χ3v) is 3.14. The molecule has 0 aliphatic carbocycles. The molecule has 0 unspecified atom stereocenters. The molecule has 23 heavy (non-hydrogen) atoms. The Morgan fingerprint density at radius 2 is 2.00 bits per heavy atom. The number of ether oxygens (including phenoxy) is 2. The predicted octanol–water partition coefficient (Wildman–Crippen LogP) is 1.72. The van der Waals surface area contributed by atoms with Crippen molar-refractivity contribution in [2.75, 3.05) is 20.8 Å². The molecule has 0 aliphatic heterocycles. The fraction of sp³-hybridized carbons (Fsp3) is 0.400. The molecule has 7 nitrogen and oxygen atoms in total. The van der Waals surface area contributed by atoms with Crippen molar-refractivity contribution in [1.29, 1.82) is 0 Å². The molecule has 0 atom stereocenters. The Kier molecular flexibility index (Phi) is 7.90. The average molecular weight is 342 g/mol. The van der Waals surface area contributed by atoms with Gasteiger partial charge in [0.1, 0.15) is 0 Å². The van der Waals surface area contributed by atoms with E-state index < -0.39 is 11.8 Å². The molecule has 2 N–H and O–H groups in total. The SMILES string of the molecule is CCCCNC(=O)C(=O)N/N=C\c1cc(Cl)c(OC)c(OC)c1. The van der Waals surface area contributed by atoms with Gasteiger partial charge in [0.05, 0.1) is 25.5 Å². The van der Waals surface area contributed by atoms with Crippen LogP contribution in [0.25, 0.3) is 0 Å². The van der Waals surface area contributed by atoms with Gasteiger partial charge in [-0.1, -0.05) is 24.9 Å². The number of methoxy groups -OCH3 is 2. The first-order valence-corrected chi connectivity index (χ1v) is 7.44. The van der Waals surface area contributed by atoms with Crippen molar-refractivity contribution in [2.24, 2.45) is 5.10 Å². The van der Waals surface area contributed by atoms with Crippen molar-refractivity contribution in [2.45, 2.75) is 19.8 Å².